The molecule has 1 aliphatic heterocycles. The average Bonchev–Trinajstić information content (AvgIpc) is 3.24. The van der Waals surface area contributed by atoms with Gasteiger partial charge in [-0.1, -0.05) is 17.4 Å². The number of thiazole rings is 1. The first-order valence-electron chi connectivity index (χ1n) is 11.7. The molecule has 0 atom stereocenters. The molecule has 1 saturated heterocycles. The number of carbonyl (C=O) groups is 2. The first-order valence-corrected chi connectivity index (χ1v) is 12.5. The van der Waals surface area contributed by atoms with Gasteiger partial charge in [0.15, 0.2) is 5.13 Å². The van der Waals surface area contributed by atoms with Crippen LogP contribution in [-0.4, -0.2) is 51.9 Å². The van der Waals surface area contributed by atoms with E-state index >= 15 is 0 Å². The lowest BCUT2D eigenvalue weighted by atomic mass is 9.95. The Bertz CT molecular complexity index is 1250. The molecular formula is C25H27F3N4O4S. The van der Waals surface area contributed by atoms with E-state index in [1.54, 1.807) is 49.0 Å². The summed E-state index contributed by atoms with van der Waals surface area (Å²) in [5.41, 5.74) is 0.628. The molecule has 0 bridgehead atoms. The molecule has 2 amide bonds. The van der Waals surface area contributed by atoms with E-state index in [1.807, 2.05) is 6.07 Å². The number of fused-ring (bicyclic) bond motifs is 1. The minimum Gasteiger partial charge on any atom is -0.444 e. The molecule has 37 heavy (non-hydrogen) atoms. The second-order valence-corrected chi connectivity index (χ2v) is 10.7. The molecule has 8 nitrogen and oxygen atoms in total. The number of aromatic nitrogens is 2. The third-order valence-electron chi connectivity index (χ3n) is 5.64. The number of alkyl halides is 3. The van der Waals surface area contributed by atoms with Gasteiger partial charge in [-0.3, -0.25) is 14.7 Å². The van der Waals surface area contributed by atoms with Crippen LogP contribution in [0.4, 0.5) is 23.1 Å². The summed E-state index contributed by atoms with van der Waals surface area (Å²) in [6.45, 7) is 6.36. The number of nitrogens with zero attached hydrogens (tertiary/aromatic N) is 4. The van der Waals surface area contributed by atoms with Gasteiger partial charge in [-0.2, -0.15) is 0 Å². The Morgan fingerprint density at radius 3 is 2.51 bits per heavy atom. The summed E-state index contributed by atoms with van der Waals surface area (Å²) in [6, 6.07) is 7.48. The Morgan fingerprint density at radius 2 is 1.89 bits per heavy atom. The van der Waals surface area contributed by atoms with Gasteiger partial charge in [-0.05, 0) is 57.4 Å². The fourth-order valence-electron chi connectivity index (χ4n) is 3.98. The first-order chi connectivity index (χ1) is 17.4. The van der Waals surface area contributed by atoms with Crippen LogP contribution in [0.1, 0.15) is 39.2 Å². The van der Waals surface area contributed by atoms with Crippen LogP contribution in [0.5, 0.6) is 5.75 Å². The average molecular weight is 537 g/mol. The van der Waals surface area contributed by atoms with Crippen LogP contribution in [0.25, 0.3) is 10.2 Å². The lowest BCUT2D eigenvalue weighted by Gasteiger charge is -2.34. The van der Waals surface area contributed by atoms with Crippen molar-refractivity contribution in [2.45, 2.75) is 52.1 Å². The summed E-state index contributed by atoms with van der Waals surface area (Å²) in [5, 5.41) is 0.364. The van der Waals surface area contributed by atoms with Crippen LogP contribution in [0.2, 0.25) is 0 Å². The molecule has 0 radical (unpaired) electrons. The third kappa shape index (κ3) is 7.09. The maximum Gasteiger partial charge on any atom is 0.573 e. The zero-order valence-electron chi connectivity index (χ0n) is 20.6. The standard InChI is InChI=1S/C25H27F3N4O4S/c1-24(2,3)36-23(34)31-11-8-17(9-12-31)21(33)32(15-16-5-4-10-29-14-16)22-30-19-7-6-18(13-20(19)37-22)35-25(26,27)28/h4-7,10,13-14,17H,8-9,11-12,15H2,1-3H3. The molecule has 1 aliphatic rings. The molecule has 0 aliphatic carbocycles. The Hall–Kier alpha value is -3.41. The van der Waals surface area contributed by atoms with Gasteiger partial charge in [0, 0.05) is 37.5 Å². The predicted molar refractivity (Wildman–Crippen MR) is 132 cm³/mol. The molecule has 0 unspecified atom stereocenters. The summed E-state index contributed by atoms with van der Waals surface area (Å²) in [4.78, 5) is 37.9. The lowest BCUT2D eigenvalue weighted by Crippen LogP contribution is -2.45. The van der Waals surface area contributed by atoms with E-state index in [-0.39, 0.29) is 24.1 Å². The number of carbonyl (C=O) groups excluding carboxylic acids is 2. The SMILES string of the molecule is CC(C)(C)OC(=O)N1CCC(C(=O)N(Cc2cccnc2)c2nc3ccc(OC(F)(F)F)cc3s2)CC1. The van der Waals surface area contributed by atoms with Gasteiger partial charge in [0.25, 0.3) is 0 Å². The third-order valence-corrected chi connectivity index (χ3v) is 6.68. The topological polar surface area (TPSA) is 84.9 Å². The van der Waals surface area contributed by atoms with E-state index < -0.39 is 18.1 Å². The number of hydrogen-bond acceptors (Lipinski definition) is 7. The van der Waals surface area contributed by atoms with Crippen molar-refractivity contribution in [1.29, 1.82) is 0 Å². The summed E-state index contributed by atoms with van der Waals surface area (Å²) in [6.07, 6.45) is -1.03. The number of piperidine rings is 1. The van der Waals surface area contributed by atoms with Gasteiger partial charge in [0.2, 0.25) is 5.91 Å². The lowest BCUT2D eigenvalue weighted by molar-refractivity contribution is -0.274. The molecule has 0 saturated carbocycles. The number of hydrogen-bond donors (Lipinski definition) is 0. The molecule has 12 heteroatoms. The number of amides is 2. The molecular weight excluding hydrogens is 509 g/mol. The fraction of sp³-hybridized carbons (Fsp3) is 0.440. The fourth-order valence-corrected chi connectivity index (χ4v) is 4.97. The highest BCUT2D eigenvalue weighted by Crippen LogP contribution is 2.35. The van der Waals surface area contributed by atoms with Crippen molar-refractivity contribution >= 4 is 38.7 Å². The number of ether oxygens (including phenoxy) is 2. The maximum absolute atomic E-state index is 13.7. The van der Waals surface area contributed by atoms with Crippen LogP contribution in [0, 0.1) is 5.92 Å². The number of rotatable bonds is 5. The molecule has 2 aromatic heterocycles. The van der Waals surface area contributed by atoms with Crippen molar-refractivity contribution in [3.05, 3.63) is 48.3 Å². The molecule has 0 spiro atoms. The minimum absolute atomic E-state index is 0.168. The van der Waals surface area contributed by atoms with Crippen molar-refractivity contribution in [2.24, 2.45) is 5.92 Å². The normalized spacial score (nSPS) is 15.0. The zero-order chi connectivity index (χ0) is 26.8. The van der Waals surface area contributed by atoms with E-state index in [1.165, 1.54) is 18.2 Å². The van der Waals surface area contributed by atoms with E-state index in [0.29, 0.717) is 41.3 Å². The summed E-state index contributed by atoms with van der Waals surface area (Å²) < 4.78 is 47.9. The Kier molecular flexibility index (Phi) is 7.58. The highest BCUT2D eigenvalue weighted by Gasteiger charge is 2.34. The van der Waals surface area contributed by atoms with Crippen molar-refractivity contribution in [3.8, 4) is 5.75 Å². The minimum atomic E-state index is -4.81. The second-order valence-electron chi connectivity index (χ2n) is 9.70. The monoisotopic (exact) mass is 536 g/mol. The van der Waals surface area contributed by atoms with Crippen molar-refractivity contribution in [3.63, 3.8) is 0 Å². The molecule has 3 heterocycles. The molecule has 3 aromatic rings. The Balaban J connectivity index is 1.55. The van der Waals surface area contributed by atoms with Gasteiger partial charge in [-0.25, -0.2) is 9.78 Å². The molecule has 4 rings (SSSR count). The van der Waals surface area contributed by atoms with Crippen molar-refractivity contribution < 1.29 is 32.2 Å². The number of benzene rings is 1. The van der Waals surface area contributed by atoms with Crippen LogP contribution in [-0.2, 0) is 16.1 Å². The summed E-state index contributed by atoms with van der Waals surface area (Å²) >= 11 is 1.11. The quantitative estimate of drug-likeness (QED) is 0.412. The van der Waals surface area contributed by atoms with E-state index in [4.69, 9.17) is 4.74 Å². The van der Waals surface area contributed by atoms with E-state index in [0.717, 1.165) is 16.9 Å². The van der Waals surface area contributed by atoms with Crippen molar-refractivity contribution in [2.75, 3.05) is 18.0 Å². The number of pyridine rings is 1. The van der Waals surface area contributed by atoms with Crippen LogP contribution in [0.15, 0.2) is 42.7 Å². The van der Waals surface area contributed by atoms with Crippen molar-refractivity contribution in [1.82, 2.24) is 14.9 Å². The number of anilines is 1. The van der Waals surface area contributed by atoms with Gasteiger partial charge in [-0.15, -0.1) is 13.2 Å². The number of halogens is 3. The Labute approximate surface area is 216 Å². The van der Waals surface area contributed by atoms with Gasteiger partial charge >= 0.3 is 12.5 Å². The molecule has 198 valence electrons. The van der Waals surface area contributed by atoms with E-state index in [9.17, 15) is 22.8 Å². The van der Waals surface area contributed by atoms with Crippen LogP contribution >= 0.6 is 11.3 Å². The molecule has 1 aromatic carbocycles. The molecule has 0 N–H and O–H groups in total. The first kappa shape index (κ1) is 26.6. The Morgan fingerprint density at radius 1 is 1.16 bits per heavy atom. The summed E-state index contributed by atoms with van der Waals surface area (Å²) in [5.74, 6) is -0.875. The maximum atomic E-state index is 13.7. The highest BCUT2D eigenvalue weighted by molar-refractivity contribution is 7.22. The smallest absolute Gasteiger partial charge is 0.444 e. The largest absolute Gasteiger partial charge is 0.573 e. The van der Waals surface area contributed by atoms with Gasteiger partial charge in [0.1, 0.15) is 11.4 Å². The summed E-state index contributed by atoms with van der Waals surface area (Å²) in [7, 11) is 0. The highest BCUT2D eigenvalue weighted by atomic mass is 32.1. The van der Waals surface area contributed by atoms with Crippen LogP contribution in [0.3, 0.4) is 0 Å². The predicted octanol–water partition coefficient (Wildman–Crippen LogP) is 5.77. The second kappa shape index (κ2) is 10.5. The molecule has 1 fully saturated rings. The van der Waals surface area contributed by atoms with Crippen LogP contribution < -0.4 is 9.64 Å². The van der Waals surface area contributed by atoms with Gasteiger partial charge in [0.05, 0.1) is 16.8 Å². The van der Waals surface area contributed by atoms with E-state index in [2.05, 4.69) is 14.7 Å². The zero-order valence-corrected chi connectivity index (χ0v) is 21.4. The van der Waals surface area contributed by atoms with Gasteiger partial charge < -0.3 is 14.4 Å². The number of likely N-dealkylation sites (tertiary alicyclic amines) is 1.